The summed E-state index contributed by atoms with van der Waals surface area (Å²) in [5.74, 6) is 0. The molecular weight excluding hydrogens is 386 g/mol. The first-order valence-corrected chi connectivity index (χ1v) is 10.6. The second-order valence-electron chi connectivity index (χ2n) is 7.39. The molecule has 2 aliphatic heterocycles. The third kappa shape index (κ3) is 4.61. The molecule has 7 nitrogen and oxygen atoms in total. The summed E-state index contributed by atoms with van der Waals surface area (Å²) < 4.78 is 13.1. The fraction of sp³-hybridized carbons (Fsp3) is 0.524. The quantitative estimate of drug-likeness (QED) is 0.660. The lowest BCUT2D eigenvalue weighted by Crippen LogP contribution is -2.42. The first kappa shape index (κ1) is 20.3. The third-order valence-corrected chi connectivity index (χ3v) is 6.01. The summed E-state index contributed by atoms with van der Waals surface area (Å²) in [6, 6.07) is 10.4. The minimum absolute atomic E-state index is 0.0181. The van der Waals surface area contributed by atoms with Crippen molar-refractivity contribution in [2.75, 3.05) is 53.1 Å². The lowest BCUT2D eigenvalue weighted by atomic mass is 10.0. The van der Waals surface area contributed by atoms with Crippen LogP contribution in [0.15, 0.2) is 42.7 Å². The molecule has 0 spiro atoms. The van der Waals surface area contributed by atoms with Crippen LogP contribution in [0.2, 0.25) is 0 Å². The average molecular weight is 416 g/mol. The molecule has 1 N–H and O–H groups in total. The Morgan fingerprint density at radius 1 is 1.17 bits per heavy atom. The van der Waals surface area contributed by atoms with Crippen LogP contribution < -0.4 is 5.32 Å². The molecule has 0 bridgehead atoms. The topological polar surface area (TPSA) is 54.8 Å². The Kier molecular flexibility index (Phi) is 6.76. The number of morpholine rings is 1. The van der Waals surface area contributed by atoms with Gasteiger partial charge in [-0.15, -0.1) is 0 Å². The van der Waals surface area contributed by atoms with E-state index in [4.69, 9.17) is 21.7 Å². The molecule has 4 rings (SSSR count). The number of pyridine rings is 1. The van der Waals surface area contributed by atoms with Gasteiger partial charge in [0.15, 0.2) is 5.11 Å². The van der Waals surface area contributed by atoms with E-state index >= 15 is 0 Å². The molecule has 0 aromatic carbocycles. The minimum atomic E-state index is 0.0181. The number of methoxy groups -OCH3 is 1. The SMILES string of the molecule is COCCn1cccc1[C@@H]1[C@@H](c2ccccn2)NC(=S)N1CCN1CCOCC1. The zero-order valence-corrected chi connectivity index (χ0v) is 17.7. The maximum absolute atomic E-state index is 5.78. The Hall–Kier alpha value is -2.00. The Morgan fingerprint density at radius 2 is 2.03 bits per heavy atom. The van der Waals surface area contributed by atoms with E-state index in [1.807, 2.05) is 18.3 Å². The fourth-order valence-corrected chi connectivity index (χ4v) is 4.46. The van der Waals surface area contributed by atoms with Crippen molar-refractivity contribution in [3.63, 3.8) is 0 Å². The van der Waals surface area contributed by atoms with Crippen LogP contribution in [-0.4, -0.2) is 77.6 Å². The highest BCUT2D eigenvalue weighted by Gasteiger charge is 2.41. The van der Waals surface area contributed by atoms with E-state index in [0.717, 1.165) is 56.7 Å². The van der Waals surface area contributed by atoms with Crippen molar-refractivity contribution >= 4 is 17.3 Å². The molecule has 2 saturated heterocycles. The maximum Gasteiger partial charge on any atom is 0.170 e. The van der Waals surface area contributed by atoms with Gasteiger partial charge < -0.3 is 24.3 Å². The largest absolute Gasteiger partial charge is 0.383 e. The van der Waals surface area contributed by atoms with Gasteiger partial charge in [-0.1, -0.05) is 6.07 Å². The molecule has 2 aromatic rings. The summed E-state index contributed by atoms with van der Waals surface area (Å²) in [4.78, 5) is 9.39. The molecule has 29 heavy (non-hydrogen) atoms. The molecule has 4 heterocycles. The second kappa shape index (κ2) is 9.67. The molecule has 2 aromatic heterocycles. The first-order chi connectivity index (χ1) is 14.3. The van der Waals surface area contributed by atoms with Gasteiger partial charge in [-0.05, 0) is 36.5 Å². The van der Waals surface area contributed by atoms with Gasteiger partial charge in [-0.2, -0.15) is 0 Å². The molecule has 0 radical (unpaired) electrons. The highest BCUT2D eigenvalue weighted by atomic mass is 32.1. The smallest absolute Gasteiger partial charge is 0.170 e. The summed E-state index contributed by atoms with van der Waals surface area (Å²) in [7, 11) is 1.74. The van der Waals surface area contributed by atoms with Crippen molar-refractivity contribution in [1.82, 2.24) is 24.7 Å². The number of nitrogens with one attached hydrogen (secondary N) is 1. The van der Waals surface area contributed by atoms with Crippen LogP contribution in [0.3, 0.4) is 0 Å². The van der Waals surface area contributed by atoms with Crippen molar-refractivity contribution in [1.29, 1.82) is 0 Å². The van der Waals surface area contributed by atoms with E-state index < -0.39 is 0 Å². The molecular formula is C21H29N5O2S. The van der Waals surface area contributed by atoms with Crippen LogP contribution in [0.5, 0.6) is 0 Å². The van der Waals surface area contributed by atoms with Crippen LogP contribution in [0.1, 0.15) is 23.5 Å². The lowest BCUT2D eigenvalue weighted by Gasteiger charge is -2.32. The van der Waals surface area contributed by atoms with Gasteiger partial charge in [0.25, 0.3) is 0 Å². The summed E-state index contributed by atoms with van der Waals surface area (Å²) in [5, 5.41) is 4.33. The van der Waals surface area contributed by atoms with Crippen molar-refractivity contribution < 1.29 is 9.47 Å². The number of hydrogen-bond acceptors (Lipinski definition) is 5. The van der Waals surface area contributed by atoms with Gasteiger partial charge >= 0.3 is 0 Å². The Bertz CT molecular complexity index is 793. The number of nitrogens with zero attached hydrogens (tertiary/aromatic N) is 4. The van der Waals surface area contributed by atoms with E-state index in [1.165, 1.54) is 5.69 Å². The number of rotatable bonds is 8. The maximum atomic E-state index is 5.78. The lowest BCUT2D eigenvalue weighted by molar-refractivity contribution is 0.0349. The molecule has 0 unspecified atom stereocenters. The molecule has 156 valence electrons. The highest BCUT2D eigenvalue weighted by Crippen LogP contribution is 2.38. The van der Waals surface area contributed by atoms with Crippen molar-refractivity contribution in [2.45, 2.75) is 18.6 Å². The zero-order valence-electron chi connectivity index (χ0n) is 16.9. The minimum Gasteiger partial charge on any atom is -0.383 e. The van der Waals surface area contributed by atoms with Crippen molar-refractivity contribution in [3.05, 3.63) is 54.1 Å². The van der Waals surface area contributed by atoms with Gasteiger partial charge in [-0.3, -0.25) is 9.88 Å². The average Bonchev–Trinajstić information content (AvgIpc) is 3.35. The van der Waals surface area contributed by atoms with Crippen LogP contribution in [-0.2, 0) is 16.0 Å². The standard InChI is InChI=1S/C21H29N5O2S/c1-27-14-13-25-8-4-6-18(25)20-19(17-5-2-3-7-22-17)23-21(29)26(20)10-9-24-11-15-28-16-12-24/h2-8,19-20H,9-16H2,1H3,(H,23,29)/t19-,20-/m1/s1. The monoisotopic (exact) mass is 415 g/mol. The molecule has 8 heteroatoms. The summed E-state index contributed by atoms with van der Waals surface area (Å²) in [5.41, 5.74) is 2.24. The molecule has 0 amide bonds. The van der Waals surface area contributed by atoms with Gasteiger partial charge in [0.1, 0.15) is 0 Å². The summed E-state index contributed by atoms with van der Waals surface area (Å²) in [6.07, 6.45) is 3.96. The van der Waals surface area contributed by atoms with Gasteiger partial charge in [0.2, 0.25) is 0 Å². The number of aromatic nitrogens is 2. The highest BCUT2D eigenvalue weighted by molar-refractivity contribution is 7.80. The van der Waals surface area contributed by atoms with Crippen molar-refractivity contribution in [2.24, 2.45) is 0 Å². The van der Waals surface area contributed by atoms with E-state index in [1.54, 1.807) is 7.11 Å². The van der Waals surface area contributed by atoms with E-state index in [2.05, 4.69) is 49.1 Å². The Morgan fingerprint density at radius 3 is 2.79 bits per heavy atom. The fourth-order valence-electron chi connectivity index (χ4n) is 4.13. The summed E-state index contributed by atoms with van der Waals surface area (Å²) >= 11 is 5.78. The molecule has 0 aliphatic carbocycles. The van der Waals surface area contributed by atoms with Gasteiger partial charge in [0, 0.05) is 57.9 Å². The number of thiocarbonyl (C=S) groups is 1. The molecule has 0 saturated carbocycles. The molecule has 2 aliphatic rings. The van der Waals surface area contributed by atoms with Crippen LogP contribution in [0.25, 0.3) is 0 Å². The van der Waals surface area contributed by atoms with E-state index in [0.29, 0.717) is 6.61 Å². The predicted molar refractivity (Wildman–Crippen MR) is 116 cm³/mol. The summed E-state index contributed by atoms with van der Waals surface area (Å²) in [6.45, 7) is 6.90. The molecule has 2 atom stereocenters. The Balaban J connectivity index is 1.60. The van der Waals surface area contributed by atoms with E-state index in [-0.39, 0.29) is 12.1 Å². The third-order valence-electron chi connectivity index (χ3n) is 5.66. The first-order valence-electron chi connectivity index (χ1n) is 10.2. The normalized spacial score (nSPS) is 22.8. The number of hydrogen-bond donors (Lipinski definition) is 1. The van der Waals surface area contributed by atoms with Crippen LogP contribution in [0.4, 0.5) is 0 Å². The molecule has 2 fully saturated rings. The van der Waals surface area contributed by atoms with Crippen LogP contribution in [0, 0.1) is 0 Å². The van der Waals surface area contributed by atoms with Crippen molar-refractivity contribution in [3.8, 4) is 0 Å². The predicted octanol–water partition coefficient (Wildman–Crippen LogP) is 1.83. The van der Waals surface area contributed by atoms with Gasteiger partial charge in [0.05, 0.1) is 37.6 Å². The zero-order chi connectivity index (χ0) is 20.1. The van der Waals surface area contributed by atoms with E-state index in [9.17, 15) is 0 Å². The Labute approximate surface area is 177 Å². The second-order valence-corrected chi connectivity index (χ2v) is 7.78. The number of ether oxygens (including phenoxy) is 2. The van der Waals surface area contributed by atoms with Gasteiger partial charge in [-0.25, -0.2) is 0 Å². The van der Waals surface area contributed by atoms with Crippen LogP contribution >= 0.6 is 12.2 Å².